The summed E-state index contributed by atoms with van der Waals surface area (Å²) in [5, 5.41) is 6.61. The first kappa shape index (κ1) is 23.2. The molecule has 7 nitrogen and oxygen atoms in total. The largest absolute Gasteiger partial charge is 0.477 e. The number of hydrogen-bond donors (Lipinski definition) is 2. The lowest BCUT2D eigenvalue weighted by molar-refractivity contribution is 0.0888. The van der Waals surface area contributed by atoms with E-state index >= 15 is 0 Å². The van der Waals surface area contributed by atoms with Gasteiger partial charge in [-0.2, -0.15) is 0 Å². The summed E-state index contributed by atoms with van der Waals surface area (Å²) in [6.07, 6.45) is 6.49. The van der Waals surface area contributed by atoms with Gasteiger partial charge in [-0.25, -0.2) is 4.98 Å². The van der Waals surface area contributed by atoms with Crippen LogP contribution < -0.4 is 15.4 Å². The van der Waals surface area contributed by atoms with Gasteiger partial charge in [0, 0.05) is 51.5 Å². The summed E-state index contributed by atoms with van der Waals surface area (Å²) in [5.74, 6) is 2.81. The van der Waals surface area contributed by atoms with Crippen molar-refractivity contribution in [1.29, 1.82) is 0 Å². The second kappa shape index (κ2) is 13.2. The van der Waals surface area contributed by atoms with Gasteiger partial charge in [0.15, 0.2) is 5.96 Å². The lowest BCUT2D eigenvalue weighted by atomic mass is 10.1. The predicted octanol–water partition coefficient (Wildman–Crippen LogP) is 2.60. The maximum absolute atomic E-state index is 5.71. The first-order chi connectivity index (χ1) is 13.3. The van der Waals surface area contributed by atoms with E-state index in [0.717, 1.165) is 69.9 Å². The first-order valence-corrected chi connectivity index (χ1v) is 10.0. The Balaban J connectivity index is 0.00000280. The lowest BCUT2D eigenvalue weighted by Crippen LogP contribution is -2.37. The van der Waals surface area contributed by atoms with Gasteiger partial charge in [-0.05, 0) is 37.2 Å². The fourth-order valence-corrected chi connectivity index (χ4v) is 2.84. The molecule has 158 valence electrons. The molecule has 1 aromatic rings. The number of aromatic nitrogens is 1. The van der Waals surface area contributed by atoms with Crippen molar-refractivity contribution < 1.29 is 14.2 Å². The minimum atomic E-state index is 0. The summed E-state index contributed by atoms with van der Waals surface area (Å²) in [6.45, 7) is 5.58. The third-order valence-corrected chi connectivity index (χ3v) is 4.78. The predicted molar refractivity (Wildman–Crippen MR) is 120 cm³/mol. The summed E-state index contributed by atoms with van der Waals surface area (Å²) in [7, 11) is 1.78. The van der Waals surface area contributed by atoms with E-state index in [0.29, 0.717) is 18.3 Å². The monoisotopic (exact) mass is 504 g/mol. The second-order valence-corrected chi connectivity index (χ2v) is 7.27. The molecule has 0 spiro atoms. The van der Waals surface area contributed by atoms with Crippen molar-refractivity contribution in [3.63, 3.8) is 0 Å². The molecule has 8 heteroatoms. The second-order valence-electron chi connectivity index (χ2n) is 7.27. The molecule has 1 unspecified atom stereocenters. The minimum absolute atomic E-state index is 0. The van der Waals surface area contributed by atoms with Crippen molar-refractivity contribution in [2.24, 2.45) is 16.8 Å². The number of hydrogen-bond acceptors (Lipinski definition) is 5. The quantitative estimate of drug-likeness (QED) is 0.209. The van der Waals surface area contributed by atoms with Crippen molar-refractivity contribution in [2.45, 2.75) is 32.2 Å². The van der Waals surface area contributed by atoms with Gasteiger partial charge in [0.2, 0.25) is 5.88 Å². The molecule has 2 aliphatic rings. The first-order valence-electron chi connectivity index (χ1n) is 10.0. The highest BCUT2D eigenvalue weighted by molar-refractivity contribution is 14.0. The van der Waals surface area contributed by atoms with Crippen LogP contribution in [0, 0.1) is 11.8 Å². The zero-order valence-corrected chi connectivity index (χ0v) is 19.0. The Bertz CT molecular complexity index is 575. The van der Waals surface area contributed by atoms with Crippen LogP contribution in [0.3, 0.4) is 0 Å². The van der Waals surface area contributed by atoms with Crippen LogP contribution >= 0.6 is 24.0 Å². The van der Waals surface area contributed by atoms with E-state index in [1.165, 1.54) is 12.8 Å². The normalized spacial score (nSPS) is 19.2. The molecule has 2 N–H and O–H groups in total. The van der Waals surface area contributed by atoms with E-state index in [-0.39, 0.29) is 24.0 Å². The molecule has 2 fully saturated rings. The van der Waals surface area contributed by atoms with Crippen molar-refractivity contribution in [1.82, 2.24) is 15.6 Å². The average molecular weight is 504 g/mol. The van der Waals surface area contributed by atoms with Gasteiger partial charge >= 0.3 is 0 Å². The Kier molecular flexibility index (Phi) is 10.9. The number of aliphatic imine (C=N–C) groups is 1. The number of pyridine rings is 1. The Morgan fingerprint density at radius 2 is 2.11 bits per heavy atom. The fourth-order valence-electron chi connectivity index (χ4n) is 2.84. The Hall–Kier alpha value is -1.13. The molecule has 1 atom stereocenters. The maximum atomic E-state index is 5.71. The third-order valence-electron chi connectivity index (χ3n) is 4.78. The van der Waals surface area contributed by atoms with Gasteiger partial charge in [0.25, 0.3) is 0 Å². The number of ether oxygens (including phenoxy) is 3. The molecule has 28 heavy (non-hydrogen) atoms. The highest BCUT2D eigenvalue weighted by Gasteiger charge is 2.22. The summed E-state index contributed by atoms with van der Waals surface area (Å²) >= 11 is 0. The average Bonchev–Trinajstić information content (AvgIpc) is 3.39. The fraction of sp³-hybridized carbons (Fsp3) is 0.700. The minimum Gasteiger partial charge on any atom is -0.477 e. The molecule has 1 aliphatic carbocycles. The number of rotatable bonds is 11. The molecule has 2 heterocycles. The Morgan fingerprint density at radius 1 is 1.21 bits per heavy atom. The van der Waals surface area contributed by atoms with E-state index in [1.807, 2.05) is 18.3 Å². The molecule has 0 amide bonds. The van der Waals surface area contributed by atoms with E-state index in [4.69, 9.17) is 14.2 Å². The van der Waals surface area contributed by atoms with Crippen LogP contribution in [0.25, 0.3) is 0 Å². The van der Waals surface area contributed by atoms with Gasteiger partial charge in [-0.15, -0.1) is 24.0 Å². The standard InChI is InChI=1S/C20H32N4O3.HI/c1-21-20(22-8-2-9-25-13-18-7-10-26-14-18)24-12-17-5-6-19(23-11-17)27-15-16-3-4-16;/h5-6,11,16,18H,2-4,7-10,12-15H2,1H3,(H2,21,22,24);1H. The van der Waals surface area contributed by atoms with Gasteiger partial charge in [0.1, 0.15) is 0 Å². The highest BCUT2D eigenvalue weighted by atomic mass is 127. The van der Waals surface area contributed by atoms with Crippen molar-refractivity contribution in [2.75, 3.05) is 46.6 Å². The third kappa shape index (κ3) is 8.91. The number of guanidine groups is 1. The van der Waals surface area contributed by atoms with Crippen LogP contribution in [0.1, 0.15) is 31.2 Å². The molecule has 1 aromatic heterocycles. The topological polar surface area (TPSA) is 77.0 Å². The molecular weight excluding hydrogens is 471 g/mol. The van der Waals surface area contributed by atoms with E-state index < -0.39 is 0 Å². The van der Waals surface area contributed by atoms with Crippen LogP contribution in [-0.4, -0.2) is 57.6 Å². The molecule has 1 saturated heterocycles. The van der Waals surface area contributed by atoms with E-state index in [9.17, 15) is 0 Å². The maximum Gasteiger partial charge on any atom is 0.213 e. The number of nitrogens with one attached hydrogen (secondary N) is 2. The summed E-state index contributed by atoms with van der Waals surface area (Å²) in [6, 6.07) is 3.97. The summed E-state index contributed by atoms with van der Waals surface area (Å²) in [4.78, 5) is 8.61. The lowest BCUT2D eigenvalue weighted by Gasteiger charge is -2.13. The Labute approximate surface area is 185 Å². The van der Waals surface area contributed by atoms with Crippen molar-refractivity contribution in [3.8, 4) is 5.88 Å². The number of nitrogens with zero attached hydrogens (tertiary/aromatic N) is 2. The molecule has 0 bridgehead atoms. The zero-order chi connectivity index (χ0) is 18.7. The van der Waals surface area contributed by atoms with Crippen molar-refractivity contribution in [3.05, 3.63) is 23.9 Å². The van der Waals surface area contributed by atoms with Gasteiger partial charge in [-0.3, -0.25) is 4.99 Å². The molecule has 1 saturated carbocycles. The molecule has 0 radical (unpaired) electrons. The van der Waals surface area contributed by atoms with Crippen LogP contribution in [-0.2, 0) is 16.0 Å². The van der Waals surface area contributed by atoms with Crippen LogP contribution in [0.2, 0.25) is 0 Å². The molecule has 3 rings (SSSR count). The van der Waals surface area contributed by atoms with Gasteiger partial charge < -0.3 is 24.8 Å². The van der Waals surface area contributed by atoms with Crippen molar-refractivity contribution >= 4 is 29.9 Å². The van der Waals surface area contributed by atoms with Crippen LogP contribution in [0.4, 0.5) is 0 Å². The SMILES string of the molecule is CN=C(NCCCOCC1CCOC1)NCc1ccc(OCC2CC2)nc1.I. The smallest absolute Gasteiger partial charge is 0.213 e. The highest BCUT2D eigenvalue weighted by Crippen LogP contribution is 2.29. The Morgan fingerprint density at radius 3 is 2.79 bits per heavy atom. The van der Waals surface area contributed by atoms with Crippen LogP contribution in [0.5, 0.6) is 5.88 Å². The summed E-state index contributed by atoms with van der Waals surface area (Å²) in [5.41, 5.74) is 1.10. The zero-order valence-electron chi connectivity index (χ0n) is 16.7. The van der Waals surface area contributed by atoms with Gasteiger partial charge in [-0.1, -0.05) is 6.07 Å². The number of halogens is 1. The van der Waals surface area contributed by atoms with Crippen LogP contribution in [0.15, 0.2) is 23.3 Å². The molecule has 0 aromatic carbocycles. The molecule has 1 aliphatic heterocycles. The van der Waals surface area contributed by atoms with Gasteiger partial charge in [0.05, 0.1) is 19.8 Å². The van der Waals surface area contributed by atoms with E-state index in [2.05, 4.69) is 20.6 Å². The molecular formula is C20H33IN4O3. The van der Waals surface area contributed by atoms with E-state index in [1.54, 1.807) is 7.05 Å². The summed E-state index contributed by atoms with van der Waals surface area (Å²) < 4.78 is 16.7.